The van der Waals surface area contributed by atoms with Crippen molar-refractivity contribution in [2.24, 2.45) is 0 Å². The first-order valence-corrected chi connectivity index (χ1v) is 6.82. The SMILES string of the molecule is CCn1c(CNC2CCC2)cc2cc(O)ccc21. The molecule has 0 saturated heterocycles. The van der Waals surface area contributed by atoms with Crippen molar-refractivity contribution >= 4 is 10.9 Å². The van der Waals surface area contributed by atoms with Crippen molar-refractivity contribution in [3.05, 3.63) is 30.0 Å². The number of phenols is 1. The summed E-state index contributed by atoms with van der Waals surface area (Å²) in [4.78, 5) is 0. The molecule has 1 aliphatic carbocycles. The van der Waals surface area contributed by atoms with E-state index < -0.39 is 0 Å². The minimum Gasteiger partial charge on any atom is -0.508 e. The predicted molar refractivity (Wildman–Crippen MR) is 73.8 cm³/mol. The van der Waals surface area contributed by atoms with Gasteiger partial charge < -0.3 is 15.0 Å². The topological polar surface area (TPSA) is 37.2 Å². The lowest BCUT2D eigenvalue weighted by Crippen LogP contribution is -2.35. The van der Waals surface area contributed by atoms with Crippen LogP contribution in [-0.2, 0) is 13.1 Å². The molecule has 3 heteroatoms. The molecule has 0 unspecified atom stereocenters. The zero-order chi connectivity index (χ0) is 12.5. The quantitative estimate of drug-likeness (QED) is 0.867. The highest BCUT2D eigenvalue weighted by atomic mass is 16.3. The fourth-order valence-corrected chi connectivity index (χ4v) is 2.70. The zero-order valence-corrected chi connectivity index (χ0v) is 10.8. The van der Waals surface area contributed by atoms with Gasteiger partial charge in [0.2, 0.25) is 0 Å². The van der Waals surface area contributed by atoms with E-state index in [1.165, 1.54) is 30.5 Å². The number of benzene rings is 1. The highest BCUT2D eigenvalue weighted by Gasteiger charge is 2.17. The van der Waals surface area contributed by atoms with Crippen LogP contribution >= 0.6 is 0 Å². The molecule has 1 aromatic heterocycles. The molecule has 0 aliphatic heterocycles. The van der Waals surface area contributed by atoms with Gasteiger partial charge in [0.25, 0.3) is 0 Å². The Hall–Kier alpha value is -1.48. The number of rotatable bonds is 4. The summed E-state index contributed by atoms with van der Waals surface area (Å²) in [7, 11) is 0. The monoisotopic (exact) mass is 244 g/mol. The molecule has 0 radical (unpaired) electrons. The van der Waals surface area contributed by atoms with E-state index in [4.69, 9.17) is 0 Å². The van der Waals surface area contributed by atoms with Crippen LogP contribution in [0.15, 0.2) is 24.3 Å². The van der Waals surface area contributed by atoms with Gasteiger partial charge in [-0.15, -0.1) is 0 Å². The van der Waals surface area contributed by atoms with Gasteiger partial charge in [-0.05, 0) is 44.0 Å². The second-order valence-electron chi connectivity index (χ2n) is 5.13. The van der Waals surface area contributed by atoms with Gasteiger partial charge in [-0.1, -0.05) is 6.42 Å². The maximum atomic E-state index is 9.54. The Morgan fingerprint density at radius 2 is 2.17 bits per heavy atom. The first-order chi connectivity index (χ1) is 8.78. The van der Waals surface area contributed by atoms with Gasteiger partial charge in [-0.3, -0.25) is 0 Å². The molecule has 0 spiro atoms. The van der Waals surface area contributed by atoms with E-state index in [-0.39, 0.29) is 0 Å². The minimum absolute atomic E-state index is 0.342. The molecule has 0 amide bonds. The molecule has 1 fully saturated rings. The molecule has 3 rings (SSSR count). The fraction of sp³-hybridized carbons (Fsp3) is 0.467. The first kappa shape index (κ1) is 11.6. The lowest BCUT2D eigenvalue weighted by molar-refractivity contribution is 0.335. The molecule has 0 bridgehead atoms. The summed E-state index contributed by atoms with van der Waals surface area (Å²) in [5.74, 6) is 0.342. The number of fused-ring (bicyclic) bond motifs is 1. The third-order valence-corrected chi connectivity index (χ3v) is 3.96. The summed E-state index contributed by atoms with van der Waals surface area (Å²) in [6.45, 7) is 4.06. The smallest absolute Gasteiger partial charge is 0.116 e. The standard InChI is InChI=1S/C15H20N2O/c1-2-17-13(10-16-12-4-3-5-12)8-11-9-14(18)6-7-15(11)17/h6-9,12,16,18H,2-5,10H2,1H3. The van der Waals surface area contributed by atoms with Crippen molar-refractivity contribution in [3.63, 3.8) is 0 Å². The van der Waals surface area contributed by atoms with Crippen LogP contribution in [-0.4, -0.2) is 15.7 Å². The molecule has 1 aromatic carbocycles. The van der Waals surface area contributed by atoms with E-state index in [0.29, 0.717) is 11.8 Å². The molecular formula is C15H20N2O. The molecule has 96 valence electrons. The van der Waals surface area contributed by atoms with Gasteiger partial charge in [-0.2, -0.15) is 0 Å². The third kappa shape index (κ3) is 1.99. The molecule has 3 nitrogen and oxygen atoms in total. The lowest BCUT2D eigenvalue weighted by atomic mass is 9.93. The number of nitrogens with zero attached hydrogens (tertiary/aromatic N) is 1. The van der Waals surface area contributed by atoms with Crippen LogP contribution in [0.5, 0.6) is 5.75 Å². The Kier molecular flexibility index (Phi) is 3.00. The van der Waals surface area contributed by atoms with Crippen LogP contribution in [0.2, 0.25) is 0 Å². The normalized spacial score (nSPS) is 16.1. The number of aryl methyl sites for hydroxylation is 1. The molecule has 2 N–H and O–H groups in total. The number of aromatic hydroxyl groups is 1. The summed E-state index contributed by atoms with van der Waals surface area (Å²) in [6.07, 6.45) is 3.99. The van der Waals surface area contributed by atoms with Crippen LogP contribution in [0, 0.1) is 0 Å². The van der Waals surface area contributed by atoms with Crippen LogP contribution in [0.4, 0.5) is 0 Å². The molecular weight excluding hydrogens is 224 g/mol. The summed E-state index contributed by atoms with van der Waals surface area (Å²) in [6, 6.07) is 8.50. The highest BCUT2D eigenvalue weighted by molar-refractivity contribution is 5.82. The van der Waals surface area contributed by atoms with Crippen LogP contribution in [0.3, 0.4) is 0 Å². The summed E-state index contributed by atoms with van der Waals surface area (Å²) in [5.41, 5.74) is 2.52. The van der Waals surface area contributed by atoms with E-state index in [1.54, 1.807) is 6.07 Å². The predicted octanol–water partition coefficient (Wildman–Crippen LogP) is 3.01. The first-order valence-electron chi connectivity index (χ1n) is 6.82. The molecule has 18 heavy (non-hydrogen) atoms. The van der Waals surface area contributed by atoms with Crippen LogP contribution < -0.4 is 5.32 Å². The van der Waals surface area contributed by atoms with Crippen molar-refractivity contribution in [2.75, 3.05) is 0 Å². The number of phenolic OH excluding ortho intramolecular Hbond substituents is 1. The largest absolute Gasteiger partial charge is 0.508 e. The number of hydrogen-bond donors (Lipinski definition) is 2. The lowest BCUT2D eigenvalue weighted by Gasteiger charge is -2.26. The Labute approximate surface area is 107 Å². The highest BCUT2D eigenvalue weighted by Crippen LogP contribution is 2.25. The van der Waals surface area contributed by atoms with Crippen LogP contribution in [0.25, 0.3) is 10.9 Å². The average Bonchev–Trinajstić information content (AvgIpc) is 2.63. The van der Waals surface area contributed by atoms with Crippen LogP contribution in [0.1, 0.15) is 31.9 Å². The van der Waals surface area contributed by atoms with Crippen molar-refractivity contribution in [3.8, 4) is 5.75 Å². The van der Waals surface area contributed by atoms with Crippen molar-refractivity contribution in [2.45, 2.75) is 45.3 Å². The molecule has 1 aliphatic rings. The van der Waals surface area contributed by atoms with Gasteiger partial charge in [0.05, 0.1) is 0 Å². The van der Waals surface area contributed by atoms with Crippen molar-refractivity contribution in [1.82, 2.24) is 9.88 Å². The average molecular weight is 244 g/mol. The van der Waals surface area contributed by atoms with E-state index in [0.717, 1.165) is 18.5 Å². The van der Waals surface area contributed by atoms with Gasteiger partial charge >= 0.3 is 0 Å². The van der Waals surface area contributed by atoms with E-state index in [2.05, 4.69) is 22.9 Å². The Bertz CT molecular complexity index is 555. The maximum absolute atomic E-state index is 9.54. The molecule has 1 saturated carbocycles. The van der Waals surface area contributed by atoms with E-state index in [9.17, 15) is 5.11 Å². The minimum atomic E-state index is 0.342. The van der Waals surface area contributed by atoms with Gasteiger partial charge in [0.15, 0.2) is 0 Å². The second kappa shape index (κ2) is 4.65. The number of nitrogens with one attached hydrogen (secondary N) is 1. The van der Waals surface area contributed by atoms with Gasteiger partial charge in [0, 0.05) is 35.7 Å². The fourth-order valence-electron chi connectivity index (χ4n) is 2.70. The maximum Gasteiger partial charge on any atom is 0.116 e. The Morgan fingerprint density at radius 3 is 2.83 bits per heavy atom. The second-order valence-corrected chi connectivity index (χ2v) is 5.13. The zero-order valence-electron chi connectivity index (χ0n) is 10.8. The Balaban J connectivity index is 1.89. The number of aromatic nitrogens is 1. The number of hydrogen-bond acceptors (Lipinski definition) is 2. The van der Waals surface area contributed by atoms with Gasteiger partial charge in [-0.25, -0.2) is 0 Å². The van der Waals surface area contributed by atoms with Crippen molar-refractivity contribution in [1.29, 1.82) is 0 Å². The summed E-state index contributed by atoms with van der Waals surface area (Å²) in [5, 5.41) is 14.3. The third-order valence-electron chi connectivity index (χ3n) is 3.96. The molecule has 2 aromatic rings. The summed E-state index contributed by atoms with van der Waals surface area (Å²) >= 11 is 0. The Morgan fingerprint density at radius 1 is 1.33 bits per heavy atom. The molecule has 1 heterocycles. The summed E-state index contributed by atoms with van der Waals surface area (Å²) < 4.78 is 2.32. The van der Waals surface area contributed by atoms with Gasteiger partial charge in [0.1, 0.15) is 5.75 Å². The van der Waals surface area contributed by atoms with E-state index in [1.807, 2.05) is 12.1 Å². The van der Waals surface area contributed by atoms with E-state index >= 15 is 0 Å². The molecule has 0 atom stereocenters. The van der Waals surface area contributed by atoms with Crippen molar-refractivity contribution < 1.29 is 5.11 Å².